The summed E-state index contributed by atoms with van der Waals surface area (Å²) in [6, 6.07) is 4.50. The van der Waals surface area contributed by atoms with E-state index in [4.69, 9.17) is 11.5 Å². The largest absolute Gasteiger partial charge is 0.480 e. The molecule has 1 rings (SSSR count). The number of aliphatic carboxylic acids is 1. The lowest BCUT2D eigenvalue weighted by Crippen LogP contribution is -2.58. The molecule has 12 heteroatoms. The van der Waals surface area contributed by atoms with Crippen molar-refractivity contribution in [2.24, 2.45) is 17.4 Å². The van der Waals surface area contributed by atoms with Crippen LogP contribution in [-0.4, -0.2) is 70.9 Å². The molecule has 4 unspecified atom stereocenters. The number of amides is 4. The van der Waals surface area contributed by atoms with Crippen molar-refractivity contribution < 1.29 is 29.1 Å². The summed E-state index contributed by atoms with van der Waals surface area (Å²) < 4.78 is 0. The Hall–Kier alpha value is -3.12. The monoisotopic (exact) mass is 523 g/mol. The Morgan fingerprint density at radius 1 is 0.917 bits per heavy atom. The first-order chi connectivity index (χ1) is 16.9. The van der Waals surface area contributed by atoms with Crippen molar-refractivity contribution >= 4 is 41.4 Å². The van der Waals surface area contributed by atoms with Gasteiger partial charge in [-0.25, -0.2) is 4.79 Å². The van der Waals surface area contributed by atoms with Gasteiger partial charge in [-0.3, -0.25) is 19.2 Å². The Balaban J connectivity index is 2.95. The van der Waals surface area contributed by atoms with Gasteiger partial charge in [-0.05, 0) is 42.8 Å². The van der Waals surface area contributed by atoms with Crippen LogP contribution in [0.4, 0.5) is 0 Å². The Labute approximate surface area is 215 Å². The van der Waals surface area contributed by atoms with Crippen LogP contribution < -0.4 is 27.4 Å². The van der Waals surface area contributed by atoms with Gasteiger partial charge in [-0.1, -0.05) is 44.2 Å². The first-order valence-electron chi connectivity index (χ1n) is 11.6. The molecule has 0 aromatic heterocycles. The Kier molecular flexibility index (Phi) is 13.6. The molecule has 0 fully saturated rings. The minimum Gasteiger partial charge on any atom is -0.480 e. The molecule has 11 nitrogen and oxygen atoms in total. The minimum atomic E-state index is -1.35. The van der Waals surface area contributed by atoms with Crippen LogP contribution in [0.3, 0.4) is 0 Å². The van der Waals surface area contributed by atoms with Gasteiger partial charge in [-0.2, -0.15) is 11.8 Å². The van der Waals surface area contributed by atoms with Crippen molar-refractivity contribution in [2.45, 2.75) is 63.7 Å². The van der Waals surface area contributed by atoms with Gasteiger partial charge in [0.05, 0.1) is 12.5 Å². The van der Waals surface area contributed by atoms with Crippen LogP contribution >= 0.6 is 11.8 Å². The highest BCUT2D eigenvalue weighted by molar-refractivity contribution is 7.98. The van der Waals surface area contributed by atoms with Gasteiger partial charge in [0.1, 0.15) is 18.1 Å². The van der Waals surface area contributed by atoms with Gasteiger partial charge >= 0.3 is 5.97 Å². The van der Waals surface area contributed by atoms with Crippen LogP contribution in [0.15, 0.2) is 30.3 Å². The molecule has 4 amide bonds. The van der Waals surface area contributed by atoms with E-state index in [1.807, 2.05) is 26.2 Å². The van der Waals surface area contributed by atoms with Crippen LogP contribution in [-0.2, 0) is 30.4 Å². The first-order valence-corrected chi connectivity index (χ1v) is 13.0. The number of thioether (sulfide) groups is 1. The number of rotatable bonds is 16. The van der Waals surface area contributed by atoms with Gasteiger partial charge in [0.2, 0.25) is 23.6 Å². The van der Waals surface area contributed by atoms with E-state index in [2.05, 4.69) is 16.0 Å². The lowest BCUT2D eigenvalue weighted by atomic mass is 10.0. The average Bonchev–Trinajstić information content (AvgIpc) is 2.80. The number of carbonyl (C=O) groups is 5. The zero-order valence-electron chi connectivity index (χ0n) is 20.9. The molecule has 0 bridgehead atoms. The number of hydrogen-bond acceptors (Lipinski definition) is 7. The van der Waals surface area contributed by atoms with Gasteiger partial charge in [0.25, 0.3) is 0 Å². The molecule has 0 radical (unpaired) electrons. The molecule has 0 saturated heterocycles. The highest BCUT2D eigenvalue weighted by Crippen LogP contribution is 2.08. The molecule has 0 aliphatic heterocycles. The number of primary amides is 1. The number of carboxylic acids is 1. The smallest absolute Gasteiger partial charge is 0.326 e. The molecular weight excluding hydrogens is 486 g/mol. The van der Waals surface area contributed by atoms with Crippen molar-refractivity contribution in [1.82, 2.24) is 16.0 Å². The molecule has 0 spiro atoms. The lowest BCUT2D eigenvalue weighted by Gasteiger charge is -2.25. The predicted molar refractivity (Wildman–Crippen MR) is 138 cm³/mol. The number of benzene rings is 1. The van der Waals surface area contributed by atoms with Gasteiger partial charge in [0.15, 0.2) is 0 Å². The van der Waals surface area contributed by atoms with Gasteiger partial charge in [0, 0.05) is 0 Å². The third kappa shape index (κ3) is 11.5. The maximum absolute atomic E-state index is 13.0. The topological polar surface area (TPSA) is 194 Å². The summed E-state index contributed by atoms with van der Waals surface area (Å²) in [5.74, 6) is -3.64. The van der Waals surface area contributed by atoms with E-state index in [0.29, 0.717) is 5.75 Å². The van der Waals surface area contributed by atoms with Crippen molar-refractivity contribution in [3.63, 3.8) is 0 Å². The number of hydrogen-bond donors (Lipinski definition) is 6. The second-order valence-electron chi connectivity index (χ2n) is 8.90. The Morgan fingerprint density at radius 3 is 2.00 bits per heavy atom. The highest BCUT2D eigenvalue weighted by atomic mass is 32.2. The van der Waals surface area contributed by atoms with E-state index in [9.17, 15) is 29.1 Å². The maximum Gasteiger partial charge on any atom is 0.326 e. The summed E-state index contributed by atoms with van der Waals surface area (Å²) in [5, 5.41) is 16.9. The van der Waals surface area contributed by atoms with Crippen LogP contribution in [0.2, 0.25) is 0 Å². The fraction of sp³-hybridized carbons (Fsp3) is 0.542. The SMILES string of the molecule is CSCCC(NC(=O)C(CC(N)=O)NC(=O)C(N)Cc1ccccc1)C(=O)NC(CC(C)C)C(=O)O. The molecule has 0 heterocycles. The lowest BCUT2D eigenvalue weighted by molar-refractivity contribution is -0.143. The van der Waals surface area contributed by atoms with E-state index < -0.39 is 60.2 Å². The summed E-state index contributed by atoms with van der Waals surface area (Å²) in [7, 11) is 0. The average molecular weight is 524 g/mol. The van der Waals surface area contributed by atoms with E-state index in [-0.39, 0.29) is 25.2 Å². The number of nitrogens with two attached hydrogens (primary N) is 2. The number of carbonyl (C=O) groups excluding carboxylic acids is 4. The summed E-state index contributed by atoms with van der Waals surface area (Å²) in [6.45, 7) is 3.66. The zero-order chi connectivity index (χ0) is 27.3. The van der Waals surface area contributed by atoms with Crippen LogP contribution in [0.1, 0.15) is 38.7 Å². The van der Waals surface area contributed by atoms with Crippen molar-refractivity contribution in [1.29, 1.82) is 0 Å². The van der Waals surface area contributed by atoms with E-state index in [1.165, 1.54) is 11.8 Å². The highest BCUT2D eigenvalue weighted by Gasteiger charge is 2.31. The van der Waals surface area contributed by atoms with Crippen LogP contribution in [0.25, 0.3) is 0 Å². The summed E-state index contributed by atoms with van der Waals surface area (Å²) in [5.41, 5.74) is 12.1. The van der Waals surface area contributed by atoms with Crippen molar-refractivity contribution in [3.05, 3.63) is 35.9 Å². The molecule has 0 aliphatic rings. The molecule has 1 aromatic carbocycles. The Bertz CT molecular complexity index is 898. The maximum atomic E-state index is 13.0. The van der Waals surface area contributed by atoms with Gasteiger partial charge in [-0.15, -0.1) is 0 Å². The van der Waals surface area contributed by atoms with Crippen LogP contribution in [0, 0.1) is 5.92 Å². The molecule has 1 aromatic rings. The molecule has 36 heavy (non-hydrogen) atoms. The van der Waals surface area contributed by atoms with E-state index in [1.54, 1.807) is 24.3 Å². The minimum absolute atomic E-state index is 0.0147. The van der Waals surface area contributed by atoms with Crippen molar-refractivity contribution in [2.75, 3.05) is 12.0 Å². The first kappa shape index (κ1) is 30.9. The Morgan fingerprint density at radius 2 is 1.47 bits per heavy atom. The quantitative estimate of drug-likeness (QED) is 0.171. The summed E-state index contributed by atoms with van der Waals surface area (Å²) in [6.07, 6.45) is 1.95. The normalized spacial score (nSPS) is 14.2. The molecule has 0 aliphatic carbocycles. The second-order valence-corrected chi connectivity index (χ2v) is 9.89. The molecule has 8 N–H and O–H groups in total. The molecule has 0 saturated carbocycles. The van der Waals surface area contributed by atoms with Gasteiger partial charge < -0.3 is 32.5 Å². The third-order valence-electron chi connectivity index (χ3n) is 5.24. The molecule has 4 atom stereocenters. The fourth-order valence-corrected chi connectivity index (χ4v) is 3.86. The predicted octanol–water partition coefficient (Wildman–Crippen LogP) is -0.230. The third-order valence-corrected chi connectivity index (χ3v) is 5.88. The number of carboxylic acid groups (broad SMARTS) is 1. The van der Waals surface area contributed by atoms with Crippen LogP contribution in [0.5, 0.6) is 0 Å². The second kappa shape index (κ2) is 15.8. The molecular formula is C24H37N5O6S. The fourth-order valence-electron chi connectivity index (χ4n) is 3.39. The van der Waals surface area contributed by atoms with E-state index >= 15 is 0 Å². The van der Waals surface area contributed by atoms with E-state index in [0.717, 1.165) is 5.56 Å². The zero-order valence-corrected chi connectivity index (χ0v) is 21.7. The molecule has 200 valence electrons. The summed E-state index contributed by atoms with van der Waals surface area (Å²) >= 11 is 1.44. The number of nitrogens with one attached hydrogen (secondary N) is 3. The standard InChI is InChI=1S/C24H37N5O6S/c1-14(2)11-19(24(34)35)29-22(32)17(9-10-36-3)27-23(33)18(13-20(26)30)28-21(31)16(25)12-15-7-5-4-6-8-15/h4-8,14,16-19H,9-13,25H2,1-3H3,(H2,26,30)(H,27,33)(H,28,31)(H,29,32)(H,34,35). The van der Waals surface area contributed by atoms with Crippen molar-refractivity contribution in [3.8, 4) is 0 Å². The summed E-state index contributed by atoms with van der Waals surface area (Å²) in [4.78, 5) is 61.6.